The van der Waals surface area contributed by atoms with Crippen LogP contribution in [0.4, 0.5) is 4.39 Å². The molecule has 0 fully saturated rings. The van der Waals surface area contributed by atoms with Crippen molar-refractivity contribution in [2.45, 2.75) is 13.3 Å². The first-order valence-electron chi connectivity index (χ1n) is 2.80. The highest BCUT2D eigenvalue weighted by Gasteiger charge is 1.82. The van der Waals surface area contributed by atoms with Crippen LogP contribution in [0.3, 0.4) is 0 Å². The van der Waals surface area contributed by atoms with Crippen LogP contribution in [0.1, 0.15) is 13.3 Å². The first kappa shape index (κ1) is 9.23. The van der Waals surface area contributed by atoms with Gasteiger partial charge in [-0.05, 0) is 0 Å². The summed E-state index contributed by atoms with van der Waals surface area (Å²) in [6, 6.07) is 0. The van der Waals surface area contributed by atoms with E-state index in [0.29, 0.717) is 6.42 Å². The maximum absolute atomic E-state index is 11.6. The summed E-state index contributed by atoms with van der Waals surface area (Å²) >= 11 is 1.000. The molecule has 0 unspecified atom stereocenters. The van der Waals surface area contributed by atoms with Crippen molar-refractivity contribution in [1.29, 1.82) is 0 Å². The zero-order chi connectivity index (χ0) is 7.82. The highest BCUT2D eigenvalue weighted by molar-refractivity contribution is 7.07. The van der Waals surface area contributed by atoms with Crippen molar-refractivity contribution in [1.82, 2.24) is 4.98 Å². The number of hydrogen-bond donors (Lipinski definition) is 0. The molecule has 0 N–H and O–H groups in total. The molecule has 56 valence electrons. The van der Waals surface area contributed by atoms with E-state index in [-0.39, 0.29) is 5.26 Å². The monoisotopic (exact) mass is 161 g/mol. The summed E-state index contributed by atoms with van der Waals surface area (Å²) in [5.41, 5.74) is 0. The number of thiazole rings is 1. The van der Waals surface area contributed by atoms with Crippen LogP contribution in [0, 0.1) is 5.26 Å². The Hall–Kier alpha value is -0.770. The van der Waals surface area contributed by atoms with Crippen molar-refractivity contribution in [3.63, 3.8) is 0 Å². The van der Waals surface area contributed by atoms with Gasteiger partial charge in [0.2, 0.25) is 0 Å². The first-order valence-corrected chi connectivity index (χ1v) is 3.67. The van der Waals surface area contributed by atoms with Crippen molar-refractivity contribution in [3.05, 3.63) is 16.8 Å². The SMILES string of the molecule is CCC=O.Fc1nccs1. The summed E-state index contributed by atoms with van der Waals surface area (Å²) < 4.78 is 11.6. The average molecular weight is 161 g/mol. The lowest BCUT2D eigenvalue weighted by Crippen LogP contribution is -1.58. The molecule has 1 heterocycles. The third-order valence-electron chi connectivity index (χ3n) is 0.569. The quantitative estimate of drug-likeness (QED) is 0.588. The van der Waals surface area contributed by atoms with E-state index >= 15 is 0 Å². The van der Waals surface area contributed by atoms with E-state index in [2.05, 4.69) is 4.98 Å². The van der Waals surface area contributed by atoms with Gasteiger partial charge in [-0.15, -0.1) is 0 Å². The third-order valence-corrected chi connectivity index (χ3v) is 1.13. The highest BCUT2D eigenvalue weighted by atomic mass is 32.1. The highest BCUT2D eigenvalue weighted by Crippen LogP contribution is 1.97. The predicted molar refractivity (Wildman–Crippen MR) is 38.4 cm³/mol. The van der Waals surface area contributed by atoms with Gasteiger partial charge in [-0.2, -0.15) is 4.39 Å². The van der Waals surface area contributed by atoms with Gasteiger partial charge in [-0.25, -0.2) is 4.98 Å². The van der Waals surface area contributed by atoms with E-state index < -0.39 is 0 Å². The maximum Gasteiger partial charge on any atom is 0.268 e. The number of rotatable bonds is 1. The molecular formula is C6H8FNOS. The second kappa shape index (κ2) is 6.35. The van der Waals surface area contributed by atoms with Crippen LogP contribution in [0.2, 0.25) is 0 Å². The van der Waals surface area contributed by atoms with Gasteiger partial charge in [0.05, 0.1) is 0 Å². The largest absolute Gasteiger partial charge is 0.303 e. The van der Waals surface area contributed by atoms with Crippen molar-refractivity contribution >= 4 is 17.6 Å². The second-order valence-electron chi connectivity index (χ2n) is 1.36. The van der Waals surface area contributed by atoms with Crippen molar-refractivity contribution < 1.29 is 9.18 Å². The smallest absolute Gasteiger partial charge is 0.268 e. The maximum atomic E-state index is 11.6. The number of aldehydes is 1. The number of hydrogen-bond acceptors (Lipinski definition) is 3. The fourth-order valence-electron chi connectivity index (χ4n) is 0.206. The molecule has 0 saturated carbocycles. The fourth-order valence-corrected chi connectivity index (χ4v) is 0.562. The topological polar surface area (TPSA) is 30.0 Å². The van der Waals surface area contributed by atoms with E-state index in [4.69, 9.17) is 0 Å². The third kappa shape index (κ3) is 5.37. The molecule has 1 aromatic heterocycles. The molecule has 0 aliphatic rings. The predicted octanol–water partition coefficient (Wildman–Crippen LogP) is 1.88. The lowest BCUT2D eigenvalue weighted by molar-refractivity contribution is -0.107. The number of carbonyl (C=O) groups excluding carboxylic acids is 1. The van der Waals surface area contributed by atoms with E-state index in [1.807, 2.05) is 6.92 Å². The van der Waals surface area contributed by atoms with Crippen LogP contribution in [0.25, 0.3) is 0 Å². The summed E-state index contributed by atoms with van der Waals surface area (Å²) in [6.45, 7) is 1.81. The van der Waals surface area contributed by atoms with Crippen LogP contribution >= 0.6 is 11.3 Å². The fraction of sp³-hybridized carbons (Fsp3) is 0.333. The van der Waals surface area contributed by atoms with Gasteiger partial charge in [-0.1, -0.05) is 18.3 Å². The lowest BCUT2D eigenvalue weighted by Gasteiger charge is -1.59. The summed E-state index contributed by atoms with van der Waals surface area (Å²) in [5.74, 6) is 0. The minimum atomic E-state index is -0.366. The standard InChI is InChI=1S/C3H2FNS.C3H6O/c4-3-5-1-2-6-3;1-2-3-4/h1-2H;3H,2H2,1H3. The molecule has 0 bridgehead atoms. The summed E-state index contributed by atoms with van der Waals surface area (Å²) in [7, 11) is 0. The van der Waals surface area contributed by atoms with E-state index in [1.54, 1.807) is 5.38 Å². The Labute approximate surface area is 62.7 Å². The molecule has 1 aromatic rings. The zero-order valence-electron chi connectivity index (χ0n) is 5.58. The molecule has 0 atom stereocenters. The summed E-state index contributed by atoms with van der Waals surface area (Å²) in [6.07, 6.45) is 2.94. The van der Waals surface area contributed by atoms with Gasteiger partial charge in [0.15, 0.2) is 0 Å². The minimum absolute atomic E-state index is 0.366. The Balaban J connectivity index is 0.000000180. The number of nitrogens with zero attached hydrogens (tertiary/aromatic N) is 1. The van der Waals surface area contributed by atoms with Crippen molar-refractivity contribution in [2.75, 3.05) is 0 Å². The Morgan fingerprint density at radius 2 is 2.50 bits per heavy atom. The van der Waals surface area contributed by atoms with Crippen molar-refractivity contribution in [3.8, 4) is 0 Å². The Bertz CT molecular complexity index is 164. The molecule has 10 heavy (non-hydrogen) atoms. The molecular weight excluding hydrogens is 153 g/mol. The number of carbonyl (C=O) groups is 1. The van der Waals surface area contributed by atoms with E-state index in [0.717, 1.165) is 17.6 Å². The number of halogens is 1. The van der Waals surface area contributed by atoms with Crippen LogP contribution in [0.15, 0.2) is 11.6 Å². The average Bonchev–Trinajstić information content (AvgIpc) is 2.40. The summed E-state index contributed by atoms with van der Waals surface area (Å²) in [5, 5.41) is 1.23. The number of aromatic nitrogens is 1. The molecule has 0 radical (unpaired) electrons. The molecule has 0 saturated heterocycles. The van der Waals surface area contributed by atoms with Crippen LogP contribution in [0.5, 0.6) is 0 Å². The molecule has 0 aliphatic heterocycles. The van der Waals surface area contributed by atoms with E-state index in [1.165, 1.54) is 6.20 Å². The Morgan fingerprint density at radius 1 is 1.90 bits per heavy atom. The normalized spacial score (nSPS) is 7.80. The molecule has 2 nitrogen and oxygen atoms in total. The second-order valence-corrected chi connectivity index (χ2v) is 2.20. The molecule has 1 rings (SSSR count). The van der Waals surface area contributed by atoms with Gasteiger partial charge in [-0.3, -0.25) is 0 Å². The van der Waals surface area contributed by atoms with Gasteiger partial charge >= 0.3 is 0 Å². The van der Waals surface area contributed by atoms with Crippen LogP contribution in [-0.2, 0) is 4.79 Å². The Kier molecular flexibility index (Phi) is 5.86. The lowest BCUT2D eigenvalue weighted by atomic mass is 10.6. The van der Waals surface area contributed by atoms with Gasteiger partial charge < -0.3 is 4.79 Å². The first-order chi connectivity index (χ1) is 4.81. The molecule has 0 amide bonds. The van der Waals surface area contributed by atoms with Gasteiger partial charge in [0.25, 0.3) is 5.26 Å². The minimum Gasteiger partial charge on any atom is -0.303 e. The van der Waals surface area contributed by atoms with Crippen LogP contribution < -0.4 is 0 Å². The zero-order valence-corrected chi connectivity index (χ0v) is 6.40. The molecule has 0 aromatic carbocycles. The van der Waals surface area contributed by atoms with Crippen LogP contribution in [-0.4, -0.2) is 11.3 Å². The van der Waals surface area contributed by atoms with Gasteiger partial charge in [0.1, 0.15) is 6.29 Å². The van der Waals surface area contributed by atoms with E-state index in [9.17, 15) is 9.18 Å². The van der Waals surface area contributed by atoms with Gasteiger partial charge in [0, 0.05) is 18.0 Å². The molecule has 4 heteroatoms. The molecule has 0 spiro atoms. The molecule has 0 aliphatic carbocycles. The van der Waals surface area contributed by atoms with Crippen molar-refractivity contribution in [2.24, 2.45) is 0 Å². The Morgan fingerprint density at radius 3 is 2.60 bits per heavy atom. The summed E-state index contributed by atoms with van der Waals surface area (Å²) in [4.78, 5) is 12.4.